The lowest BCUT2D eigenvalue weighted by Gasteiger charge is -2.40. The number of piperazine rings is 1. The summed E-state index contributed by atoms with van der Waals surface area (Å²) >= 11 is 0. The fourth-order valence-electron chi connectivity index (χ4n) is 7.06. The van der Waals surface area contributed by atoms with Crippen LogP contribution < -0.4 is 35.8 Å². The predicted molar refractivity (Wildman–Crippen MR) is 177 cm³/mol. The van der Waals surface area contributed by atoms with Crippen LogP contribution in [0.15, 0.2) is 53.7 Å². The predicted octanol–water partition coefficient (Wildman–Crippen LogP) is 3.56. The average molecular weight is 629 g/mol. The molecule has 0 saturated carbocycles. The van der Waals surface area contributed by atoms with E-state index in [9.17, 15) is 4.79 Å². The summed E-state index contributed by atoms with van der Waals surface area (Å²) in [4.78, 5) is 29.6. The Balaban J connectivity index is 1.28. The van der Waals surface area contributed by atoms with E-state index in [-0.39, 0.29) is 17.5 Å². The number of ether oxygens (including phenoxy) is 2. The van der Waals surface area contributed by atoms with Crippen LogP contribution >= 0.6 is 0 Å². The van der Waals surface area contributed by atoms with Gasteiger partial charge in [0.05, 0.1) is 35.9 Å². The van der Waals surface area contributed by atoms with Crippen molar-refractivity contribution in [2.24, 2.45) is 0 Å². The molecule has 0 radical (unpaired) electrons. The number of halogens is 1. The van der Waals surface area contributed by atoms with E-state index in [2.05, 4.69) is 36.6 Å². The molecule has 12 heteroatoms. The number of piperidine rings is 1. The Morgan fingerprint density at radius 2 is 1.98 bits per heavy atom. The number of nitrogen functional groups attached to an aromatic ring is 1. The number of rotatable bonds is 8. The first-order chi connectivity index (χ1) is 22.4. The molecule has 0 aliphatic carbocycles. The number of pyridine rings is 3. The molecule has 2 fully saturated rings. The van der Waals surface area contributed by atoms with Crippen LogP contribution in [0, 0.1) is 5.82 Å². The van der Waals surface area contributed by atoms with E-state index in [1.54, 1.807) is 13.3 Å². The molecule has 1 aromatic carbocycles. The highest BCUT2D eigenvalue weighted by atomic mass is 19.1. The first-order valence-corrected chi connectivity index (χ1v) is 16.1. The first kappa shape index (κ1) is 30.2. The second kappa shape index (κ2) is 12.8. The van der Waals surface area contributed by atoms with E-state index in [0.29, 0.717) is 72.4 Å². The quantitative estimate of drug-likeness (QED) is 0.300. The zero-order valence-corrected chi connectivity index (χ0v) is 26.4. The van der Waals surface area contributed by atoms with Crippen LogP contribution in [0.5, 0.6) is 11.6 Å². The molecule has 0 spiro atoms. The van der Waals surface area contributed by atoms with Gasteiger partial charge in [-0.05, 0) is 49.6 Å². The van der Waals surface area contributed by atoms with Gasteiger partial charge in [-0.25, -0.2) is 14.4 Å². The summed E-state index contributed by atoms with van der Waals surface area (Å²) in [6, 6.07) is 9.31. The number of methoxy groups -OCH3 is 1. The molecule has 46 heavy (non-hydrogen) atoms. The monoisotopic (exact) mass is 628 g/mol. The lowest BCUT2D eigenvalue weighted by Crippen LogP contribution is -2.48. The lowest BCUT2D eigenvalue weighted by molar-refractivity contribution is 0.157. The molecule has 11 nitrogen and oxygen atoms in total. The van der Waals surface area contributed by atoms with E-state index in [1.807, 2.05) is 41.6 Å². The molecule has 242 valence electrons. The number of benzene rings is 1. The van der Waals surface area contributed by atoms with Gasteiger partial charge < -0.3 is 34.9 Å². The number of hydrogen-bond acceptors (Lipinski definition) is 10. The number of nitrogens with one attached hydrogen (secondary N) is 1. The van der Waals surface area contributed by atoms with Crippen LogP contribution in [0.25, 0.3) is 10.9 Å². The van der Waals surface area contributed by atoms with Gasteiger partial charge in [-0.2, -0.15) is 0 Å². The maximum absolute atomic E-state index is 15.9. The highest BCUT2D eigenvalue weighted by Crippen LogP contribution is 2.42. The number of aromatic nitrogens is 3. The van der Waals surface area contributed by atoms with Crippen molar-refractivity contribution in [1.29, 1.82) is 0 Å². The first-order valence-electron chi connectivity index (χ1n) is 16.1. The smallest absolute Gasteiger partial charge is 0.213 e. The largest absolute Gasteiger partial charge is 0.487 e. The number of nitrogens with zero attached hydrogens (tertiary/aromatic N) is 6. The van der Waals surface area contributed by atoms with Gasteiger partial charge in [0, 0.05) is 82.4 Å². The van der Waals surface area contributed by atoms with Crippen LogP contribution in [0.3, 0.4) is 0 Å². The van der Waals surface area contributed by atoms with Crippen LogP contribution in [0.1, 0.15) is 36.9 Å². The Morgan fingerprint density at radius 1 is 1.13 bits per heavy atom. The lowest BCUT2D eigenvalue weighted by atomic mass is 10.0. The van der Waals surface area contributed by atoms with E-state index in [1.165, 1.54) is 6.07 Å². The molecular formula is C34H41FN8O3. The summed E-state index contributed by atoms with van der Waals surface area (Å²) in [6.45, 7) is 8.05. The summed E-state index contributed by atoms with van der Waals surface area (Å²) in [5.41, 5.74) is 9.52. The summed E-state index contributed by atoms with van der Waals surface area (Å²) in [7, 11) is 1.61. The van der Waals surface area contributed by atoms with Crippen molar-refractivity contribution in [2.75, 3.05) is 68.5 Å². The minimum Gasteiger partial charge on any atom is -0.487 e. The van der Waals surface area contributed by atoms with Crippen LogP contribution in [0.4, 0.5) is 21.6 Å². The summed E-state index contributed by atoms with van der Waals surface area (Å²) < 4.78 is 29.7. The van der Waals surface area contributed by atoms with Crippen molar-refractivity contribution in [1.82, 2.24) is 24.8 Å². The van der Waals surface area contributed by atoms with Crippen LogP contribution in [0.2, 0.25) is 0 Å². The zero-order chi connectivity index (χ0) is 31.8. The maximum atomic E-state index is 15.9. The highest BCUT2D eigenvalue weighted by molar-refractivity contribution is 5.92. The van der Waals surface area contributed by atoms with Crippen LogP contribution in [-0.4, -0.2) is 78.5 Å². The third kappa shape index (κ3) is 5.82. The van der Waals surface area contributed by atoms with Crippen molar-refractivity contribution >= 4 is 28.1 Å². The molecule has 3 N–H and O–H groups in total. The van der Waals surface area contributed by atoms with E-state index in [4.69, 9.17) is 15.2 Å². The molecule has 6 heterocycles. The van der Waals surface area contributed by atoms with Crippen molar-refractivity contribution in [2.45, 2.75) is 44.9 Å². The minimum absolute atomic E-state index is 0.0169. The number of hydrogen-bond donors (Lipinski definition) is 2. The van der Waals surface area contributed by atoms with E-state index < -0.39 is 5.82 Å². The standard InChI is InChI=1S/C34H41FN8O3/c1-22-21-46-34-31-27(15-28(35)32(34)40-12-9-37-10-13-40)33(44)24(19-43(22)31)18-42(17-23-7-8-38-30(14-23)45-2)26-4-3-11-41(20-26)25-5-6-29(36)39-16-25/h5-8,14-16,19,22,26,37H,3-4,9-13,17-18,20-21H2,1-2H3,(H2,36,39)/t22-,26-/m0/s1. The summed E-state index contributed by atoms with van der Waals surface area (Å²) in [5.74, 6) is 1.09. The van der Waals surface area contributed by atoms with Gasteiger partial charge in [0.2, 0.25) is 5.88 Å². The van der Waals surface area contributed by atoms with Gasteiger partial charge >= 0.3 is 0 Å². The van der Waals surface area contributed by atoms with Gasteiger partial charge in [0.25, 0.3) is 0 Å². The summed E-state index contributed by atoms with van der Waals surface area (Å²) in [5, 5.41) is 3.68. The topological polar surface area (TPSA) is 114 Å². The third-order valence-electron chi connectivity index (χ3n) is 9.47. The van der Waals surface area contributed by atoms with Crippen molar-refractivity contribution in [3.63, 3.8) is 0 Å². The molecule has 3 aliphatic rings. The molecule has 3 aromatic heterocycles. The van der Waals surface area contributed by atoms with Gasteiger partial charge in [-0.1, -0.05) is 0 Å². The van der Waals surface area contributed by atoms with Gasteiger partial charge in [0.1, 0.15) is 18.1 Å². The Hall–Kier alpha value is -4.42. The fourth-order valence-corrected chi connectivity index (χ4v) is 7.06. The molecule has 3 aliphatic heterocycles. The van der Waals surface area contributed by atoms with Crippen molar-refractivity contribution in [3.8, 4) is 11.6 Å². The van der Waals surface area contributed by atoms with Crippen molar-refractivity contribution < 1.29 is 13.9 Å². The SMILES string of the molecule is COc1cc(CN(Cc2cn3c4c(c(N5CCNCC5)c(F)cc4c2=O)OC[C@@H]3C)[C@H]2CCCN(c3ccc(N)nc3)C2)ccn1. The Bertz CT molecular complexity index is 1780. The minimum atomic E-state index is -0.416. The third-order valence-corrected chi connectivity index (χ3v) is 9.47. The second-order valence-corrected chi connectivity index (χ2v) is 12.5. The van der Waals surface area contributed by atoms with Crippen LogP contribution in [-0.2, 0) is 13.1 Å². The summed E-state index contributed by atoms with van der Waals surface area (Å²) in [6.07, 6.45) is 7.51. The van der Waals surface area contributed by atoms with Gasteiger partial charge in [-0.3, -0.25) is 9.69 Å². The average Bonchev–Trinajstić information content (AvgIpc) is 3.08. The van der Waals surface area contributed by atoms with E-state index >= 15 is 4.39 Å². The molecule has 2 saturated heterocycles. The highest BCUT2D eigenvalue weighted by Gasteiger charge is 2.31. The Kier molecular flexibility index (Phi) is 8.39. The van der Waals surface area contributed by atoms with Gasteiger partial charge in [0.15, 0.2) is 17.0 Å². The zero-order valence-electron chi connectivity index (χ0n) is 26.4. The Labute approximate surface area is 267 Å². The normalized spacial score (nSPS) is 19.8. The maximum Gasteiger partial charge on any atom is 0.213 e. The molecule has 2 atom stereocenters. The number of nitrogens with two attached hydrogens (primary N) is 1. The molecule has 0 unspecified atom stereocenters. The Morgan fingerprint density at radius 3 is 2.76 bits per heavy atom. The fraction of sp³-hybridized carbons (Fsp3) is 0.441. The van der Waals surface area contributed by atoms with Crippen molar-refractivity contribution in [3.05, 3.63) is 76.1 Å². The number of anilines is 3. The molecule has 4 aromatic rings. The molecular weight excluding hydrogens is 587 g/mol. The molecule has 0 amide bonds. The molecule has 0 bridgehead atoms. The van der Waals surface area contributed by atoms with Gasteiger partial charge in [-0.15, -0.1) is 0 Å². The molecule has 7 rings (SSSR count). The second-order valence-electron chi connectivity index (χ2n) is 12.5. The van der Waals surface area contributed by atoms with E-state index in [0.717, 1.165) is 50.3 Å².